The van der Waals surface area contributed by atoms with E-state index in [2.05, 4.69) is 10.6 Å². The molecule has 2 amide bonds. The number of hydrogen-bond acceptors (Lipinski definition) is 8. The van der Waals surface area contributed by atoms with Crippen LogP contribution in [0.2, 0.25) is 0 Å². The van der Waals surface area contributed by atoms with Crippen LogP contribution >= 0.6 is 0 Å². The van der Waals surface area contributed by atoms with Crippen LogP contribution < -0.4 is 20.1 Å². The molecule has 0 unspecified atom stereocenters. The summed E-state index contributed by atoms with van der Waals surface area (Å²) in [7, 11) is 1.23. The summed E-state index contributed by atoms with van der Waals surface area (Å²) < 4.78 is 50.1. The molecule has 0 bridgehead atoms. The lowest BCUT2D eigenvalue weighted by atomic mass is 10.0. The minimum atomic E-state index is -1.04. The number of carbonyl (C=O) groups is 2. The van der Waals surface area contributed by atoms with E-state index in [0.29, 0.717) is 19.6 Å². The van der Waals surface area contributed by atoms with Crippen molar-refractivity contribution in [1.82, 2.24) is 15.5 Å². The molecule has 10 nitrogen and oxygen atoms in total. The Hall–Kier alpha value is -3.51. The Labute approximate surface area is 220 Å². The average Bonchev–Trinajstić information content (AvgIpc) is 3.38. The van der Waals surface area contributed by atoms with E-state index in [1.54, 1.807) is 0 Å². The normalized spacial score (nSPS) is 19.6. The molecule has 2 atom stereocenters. The van der Waals surface area contributed by atoms with Crippen molar-refractivity contribution in [2.75, 3.05) is 26.8 Å². The number of carbonyl (C=O) groups excluding carboxylic acids is 2. The largest absolute Gasteiger partial charge is 0.494 e. The SMILES string of the molecule is COc1ccc(F)c(OC2=CC(=O)N([C@@H](CC(C)C)C(=O)NC(=N)/C=C\NC[C@@H]3COC(C)(C)O3)C2)c1F. The monoisotopic (exact) mass is 536 g/mol. The zero-order valence-electron chi connectivity index (χ0n) is 22.1. The summed E-state index contributed by atoms with van der Waals surface area (Å²) in [6, 6.07) is 1.18. The molecule has 3 rings (SSSR count). The molecule has 0 aromatic heterocycles. The number of amidine groups is 1. The Balaban J connectivity index is 1.60. The van der Waals surface area contributed by atoms with Crippen LogP contribution in [0.4, 0.5) is 8.78 Å². The average molecular weight is 537 g/mol. The fourth-order valence-corrected chi connectivity index (χ4v) is 4.02. The predicted molar refractivity (Wildman–Crippen MR) is 134 cm³/mol. The number of benzene rings is 1. The van der Waals surface area contributed by atoms with Gasteiger partial charge in [-0.25, -0.2) is 4.39 Å². The Kier molecular flexibility index (Phi) is 9.45. The lowest BCUT2D eigenvalue weighted by Crippen LogP contribution is -2.49. The lowest BCUT2D eigenvalue weighted by molar-refractivity contribution is -0.137. The van der Waals surface area contributed by atoms with Gasteiger partial charge in [0.25, 0.3) is 5.91 Å². The molecule has 0 spiro atoms. The molecule has 1 aromatic rings. The standard InChI is InChI=1S/C26H34F2N4O6/c1-15(2)10-19(25(34)31-21(29)8-9-30-12-17-14-36-26(3,4)38-17)32-13-16(11-22(32)33)37-24-18(27)6-7-20(35-5)23(24)28/h6-9,11,15,17,19,30H,10,12-14H2,1-5H3,(H2,29,31,34)/b9-8-/t17-,19+/m1/s1. The highest BCUT2D eigenvalue weighted by molar-refractivity contribution is 6.05. The van der Waals surface area contributed by atoms with Crippen molar-refractivity contribution in [2.24, 2.45) is 5.92 Å². The first-order valence-corrected chi connectivity index (χ1v) is 12.2. The number of nitrogens with one attached hydrogen (secondary N) is 3. The Morgan fingerprint density at radius 3 is 2.71 bits per heavy atom. The van der Waals surface area contributed by atoms with Crippen LogP contribution in [0, 0.1) is 23.0 Å². The van der Waals surface area contributed by atoms with Gasteiger partial charge in [-0.05, 0) is 44.4 Å². The summed E-state index contributed by atoms with van der Waals surface area (Å²) in [5.41, 5.74) is 0. The highest BCUT2D eigenvalue weighted by Gasteiger charge is 2.36. The molecular weight excluding hydrogens is 502 g/mol. The van der Waals surface area contributed by atoms with Crippen molar-refractivity contribution < 1.29 is 37.3 Å². The van der Waals surface area contributed by atoms with Crippen LogP contribution in [-0.4, -0.2) is 67.3 Å². The Morgan fingerprint density at radius 2 is 2.08 bits per heavy atom. The van der Waals surface area contributed by atoms with Crippen LogP contribution in [0.5, 0.6) is 11.5 Å². The van der Waals surface area contributed by atoms with Gasteiger partial charge in [-0.3, -0.25) is 15.0 Å². The van der Waals surface area contributed by atoms with E-state index in [1.165, 1.54) is 24.3 Å². The second-order valence-electron chi connectivity index (χ2n) is 9.81. The topological polar surface area (TPSA) is 122 Å². The minimum absolute atomic E-state index is 0.0249. The lowest BCUT2D eigenvalue weighted by Gasteiger charge is -2.28. The molecule has 12 heteroatoms. The molecule has 2 aliphatic rings. The summed E-state index contributed by atoms with van der Waals surface area (Å²) >= 11 is 0. The van der Waals surface area contributed by atoms with Gasteiger partial charge in [0.05, 0.1) is 20.3 Å². The van der Waals surface area contributed by atoms with Gasteiger partial charge in [-0.2, -0.15) is 4.39 Å². The van der Waals surface area contributed by atoms with Crippen LogP contribution in [0.1, 0.15) is 34.1 Å². The van der Waals surface area contributed by atoms with Crippen LogP contribution in [0.3, 0.4) is 0 Å². The summed E-state index contributed by atoms with van der Waals surface area (Å²) in [4.78, 5) is 27.0. The van der Waals surface area contributed by atoms with Gasteiger partial charge in [0.1, 0.15) is 23.7 Å². The van der Waals surface area contributed by atoms with Gasteiger partial charge >= 0.3 is 0 Å². The molecule has 3 N–H and O–H groups in total. The first kappa shape index (κ1) is 29.1. The number of nitrogens with zero attached hydrogens (tertiary/aromatic N) is 1. The zero-order chi connectivity index (χ0) is 28.0. The highest BCUT2D eigenvalue weighted by atomic mass is 19.1. The molecule has 0 saturated carbocycles. The second-order valence-corrected chi connectivity index (χ2v) is 9.81. The van der Waals surface area contributed by atoms with Gasteiger partial charge in [0.15, 0.2) is 17.4 Å². The summed E-state index contributed by atoms with van der Waals surface area (Å²) in [5, 5.41) is 13.6. The van der Waals surface area contributed by atoms with Crippen LogP contribution in [0.15, 0.2) is 36.2 Å². The smallest absolute Gasteiger partial charge is 0.251 e. The van der Waals surface area contributed by atoms with Gasteiger partial charge in [-0.1, -0.05) is 13.8 Å². The molecule has 2 aliphatic heterocycles. The molecular formula is C26H34F2N4O6. The molecule has 1 fully saturated rings. The van der Waals surface area contributed by atoms with Crippen molar-refractivity contribution in [2.45, 2.75) is 52.0 Å². The molecule has 1 aromatic carbocycles. The molecule has 0 aliphatic carbocycles. The molecule has 208 valence electrons. The Morgan fingerprint density at radius 1 is 1.34 bits per heavy atom. The maximum Gasteiger partial charge on any atom is 0.251 e. The number of hydrogen-bond donors (Lipinski definition) is 3. The van der Waals surface area contributed by atoms with E-state index in [9.17, 15) is 18.4 Å². The molecule has 1 saturated heterocycles. The first-order chi connectivity index (χ1) is 17.9. The van der Waals surface area contributed by atoms with Crippen LogP contribution in [0.25, 0.3) is 0 Å². The molecule has 0 radical (unpaired) electrons. The quantitative estimate of drug-likeness (QED) is 0.294. The number of amides is 2. The van der Waals surface area contributed by atoms with Gasteiger partial charge in [0, 0.05) is 18.8 Å². The minimum Gasteiger partial charge on any atom is -0.494 e. The molecule has 38 heavy (non-hydrogen) atoms. The van der Waals surface area contributed by atoms with E-state index in [4.69, 9.17) is 24.4 Å². The van der Waals surface area contributed by atoms with E-state index in [1.807, 2.05) is 27.7 Å². The van der Waals surface area contributed by atoms with Crippen molar-refractivity contribution in [3.63, 3.8) is 0 Å². The predicted octanol–water partition coefficient (Wildman–Crippen LogP) is 2.84. The first-order valence-electron chi connectivity index (χ1n) is 12.2. The maximum absolute atomic E-state index is 14.5. The zero-order valence-corrected chi connectivity index (χ0v) is 22.1. The third kappa shape index (κ3) is 7.51. The van der Waals surface area contributed by atoms with E-state index in [-0.39, 0.29) is 35.9 Å². The fraction of sp³-hybridized carbons (Fsp3) is 0.500. The Bertz CT molecular complexity index is 1120. The number of rotatable bonds is 11. The summed E-state index contributed by atoms with van der Waals surface area (Å²) in [6.45, 7) is 8.15. The van der Waals surface area contributed by atoms with Gasteiger partial charge in [0.2, 0.25) is 17.5 Å². The van der Waals surface area contributed by atoms with E-state index >= 15 is 0 Å². The third-order valence-electron chi connectivity index (χ3n) is 5.77. The summed E-state index contributed by atoms with van der Waals surface area (Å²) in [5.74, 6) is -4.84. The van der Waals surface area contributed by atoms with Crippen molar-refractivity contribution >= 4 is 17.6 Å². The van der Waals surface area contributed by atoms with Crippen molar-refractivity contribution in [3.05, 3.63) is 47.9 Å². The summed E-state index contributed by atoms with van der Waals surface area (Å²) in [6.07, 6.45) is 4.13. The van der Waals surface area contributed by atoms with Crippen molar-refractivity contribution in [1.29, 1.82) is 5.41 Å². The molecule has 2 heterocycles. The number of methoxy groups -OCH3 is 1. The van der Waals surface area contributed by atoms with Crippen LogP contribution in [-0.2, 0) is 19.1 Å². The third-order valence-corrected chi connectivity index (χ3v) is 5.77. The van der Waals surface area contributed by atoms with E-state index < -0.39 is 41.0 Å². The van der Waals surface area contributed by atoms with Gasteiger partial charge in [-0.15, -0.1) is 0 Å². The van der Waals surface area contributed by atoms with Gasteiger partial charge < -0.3 is 34.5 Å². The number of ether oxygens (including phenoxy) is 4. The van der Waals surface area contributed by atoms with Crippen molar-refractivity contribution in [3.8, 4) is 11.5 Å². The number of halogens is 2. The maximum atomic E-state index is 14.5. The fourth-order valence-electron chi connectivity index (χ4n) is 4.02. The highest BCUT2D eigenvalue weighted by Crippen LogP contribution is 2.32. The second kappa shape index (κ2) is 12.4. The van der Waals surface area contributed by atoms with E-state index in [0.717, 1.165) is 18.2 Å².